The highest BCUT2D eigenvalue weighted by molar-refractivity contribution is 9.11. The van der Waals surface area contributed by atoms with Gasteiger partial charge in [-0.2, -0.15) is 0 Å². The first kappa shape index (κ1) is 21.3. The van der Waals surface area contributed by atoms with E-state index in [4.69, 9.17) is 9.73 Å². The number of para-hydroxylation sites is 1. The van der Waals surface area contributed by atoms with Gasteiger partial charge in [0.1, 0.15) is 10.8 Å². The van der Waals surface area contributed by atoms with Gasteiger partial charge in [0.2, 0.25) is 0 Å². The summed E-state index contributed by atoms with van der Waals surface area (Å²) in [7, 11) is 1.63. The number of halogens is 2. The Hall–Kier alpha value is -1.96. The lowest BCUT2D eigenvalue weighted by atomic mass is 9.95. The number of nitrogens with zero attached hydrogens (tertiary/aromatic N) is 1. The van der Waals surface area contributed by atoms with Crippen LogP contribution in [0.1, 0.15) is 39.2 Å². The molecule has 7 heteroatoms. The fourth-order valence-corrected chi connectivity index (χ4v) is 6.26. The smallest absolute Gasteiger partial charge is 0.259 e. The van der Waals surface area contributed by atoms with Crippen LogP contribution in [0.5, 0.6) is 5.75 Å². The van der Waals surface area contributed by atoms with Gasteiger partial charge in [-0.25, -0.2) is 4.99 Å². The van der Waals surface area contributed by atoms with Crippen molar-refractivity contribution in [1.82, 2.24) is 0 Å². The first-order valence-corrected chi connectivity index (χ1v) is 12.0. The van der Waals surface area contributed by atoms with E-state index in [9.17, 15) is 4.79 Å². The van der Waals surface area contributed by atoms with Crippen LogP contribution in [0.25, 0.3) is 0 Å². The van der Waals surface area contributed by atoms with Crippen molar-refractivity contribution in [2.45, 2.75) is 25.7 Å². The fourth-order valence-electron chi connectivity index (χ4n) is 3.61. The molecule has 4 nitrogen and oxygen atoms in total. The second-order valence-electron chi connectivity index (χ2n) is 6.98. The standard InChI is InChI=1S/C23H20Br2N2O2S/c1-29-21-14(11-15(24)12-18(21)25)13-26-23-20(17-9-5-6-10-19(17)30-23)22(28)27-16-7-3-2-4-8-16/h2-4,7-8,11-13H,5-6,9-10H2,1H3,(H,27,28). The fraction of sp³-hybridized carbons (Fsp3) is 0.217. The third-order valence-electron chi connectivity index (χ3n) is 4.97. The maximum atomic E-state index is 13.2. The van der Waals surface area contributed by atoms with Crippen LogP contribution in [0.2, 0.25) is 0 Å². The number of hydrogen-bond donors (Lipinski definition) is 1. The van der Waals surface area contributed by atoms with E-state index < -0.39 is 0 Å². The molecule has 2 aromatic carbocycles. The molecule has 0 bridgehead atoms. The van der Waals surface area contributed by atoms with Crippen LogP contribution >= 0.6 is 43.2 Å². The number of amides is 1. The van der Waals surface area contributed by atoms with Gasteiger partial charge in [0, 0.05) is 26.8 Å². The SMILES string of the molecule is COc1c(Br)cc(Br)cc1C=Nc1sc2c(c1C(=O)Nc1ccccc1)CCCC2. The molecule has 4 rings (SSSR count). The summed E-state index contributed by atoms with van der Waals surface area (Å²) >= 11 is 8.66. The molecular formula is C23H20Br2N2O2S. The number of carbonyl (C=O) groups excluding carboxylic acids is 1. The molecule has 1 heterocycles. The largest absolute Gasteiger partial charge is 0.495 e. The molecular weight excluding hydrogens is 528 g/mol. The number of aliphatic imine (C=N–C) groups is 1. The van der Waals surface area contributed by atoms with Gasteiger partial charge in [0.15, 0.2) is 0 Å². The number of aryl methyl sites for hydroxylation is 1. The summed E-state index contributed by atoms with van der Waals surface area (Å²) in [5.41, 5.74) is 3.46. The molecule has 3 aromatic rings. The summed E-state index contributed by atoms with van der Waals surface area (Å²) in [5, 5.41) is 3.77. The van der Waals surface area contributed by atoms with Gasteiger partial charge in [-0.15, -0.1) is 11.3 Å². The Morgan fingerprint density at radius 1 is 1.17 bits per heavy atom. The van der Waals surface area contributed by atoms with E-state index in [1.54, 1.807) is 24.7 Å². The second-order valence-corrected chi connectivity index (χ2v) is 9.83. The minimum atomic E-state index is -0.102. The second kappa shape index (κ2) is 9.45. The van der Waals surface area contributed by atoms with Crippen molar-refractivity contribution in [2.75, 3.05) is 12.4 Å². The average Bonchev–Trinajstić information content (AvgIpc) is 3.11. The van der Waals surface area contributed by atoms with Crippen LogP contribution in [0.3, 0.4) is 0 Å². The Morgan fingerprint density at radius 2 is 1.93 bits per heavy atom. The summed E-state index contributed by atoms with van der Waals surface area (Å²) in [6, 6.07) is 13.4. The molecule has 0 unspecified atom stereocenters. The zero-order valence-corrected chi connectivity index (χ0v) is 20.4. The number of hydrogen-bond acceptors (Lipinski definition) is 4. The molecule has 0 saturated heterocycles. The number of fused-ring (bicyclic) bond motifs is 1. The van der Waals surface area contributed by atoms with E-state index in [1.165, 1.54) is 4.88 Å². The Kier molecular flexibility index (Phi) is 6.71. The zero-order chi connectivity index (χ0) is 21.1. The third-order valence-corrected chi connectivity index (χ3v) is 7.22. The summed E-state index contributed by atoms with van der Waals surface area (Å²) in [5.74, 6) is 0.605. The summed E-state index contributed by atoms with van der Waals surface area (Å²) in [6.45, 7) is 0. The lowest BCUT2D eigenvalue weighted by Crippen LogP contribution is -2.14. The highest BCUT2D eigenvalue weighted by Crippen LogP contribution is 2.40. The van der Waals surface area contributed by atoms with Crippen molar-refractivity contribution in [1.29, 1.82) is 0 Å². The summed E-state index contributed by atoms with van der Waals surface area (Å²) < 4.78 is 7.28. The molecule has 30 heavy (non-hydrogen) atoms. The zero-order valence-electron chi connectivity index (χ0n) is 16.4. The molecule has 1 N–H and O–H groups in total. The minimum absolute atomic E-state index is 0.102. The Bertz CT molecular complexity index is 1110. The Balaban J connectivity index is 1.73. The highest BCUT2D eigenvalue weighted by atomic mass is 79.9. The number of methoxy groups -OCH3 is 1. The van der Waals surface area contributed by atoms with Crippen LogP contribution in [0, 0.1) is 0 Å². The van der Waals surface area contributed by atoms with Gasteiger partial charge in [-0.1, -0.05) is 34.1 Å². The molecule has 154 valence electrons. The average molecular weight is 548 g/mol. The van der Waals surface area contributed by atoms with E-state index in [1.807, 2.05) is 42.5 Å². The molecule has 0 spiro atoms. The number of carbonyl (C=O) groups is 1. The van der Waals surface area contributed by atoms with Crippen LogP contribution in [-0.2, 0) is 12.8 Å². The summed E-state index contributed by atoms with van der Waals surface area (Å²) in [6.07, 6.45) is 5.95. The lowest BCUT2D eigenvalue weighted by Gasteiger charge is -2.12. The number of anilines is 1. The minimum Gasteiger partial charge on any atom is -0.495 e. The predicted octanol–water partition coefficient (Wildman–Crippen LogP) is 7.16. The maximum absolute atomic E-state index is 13.2. The predicted molar refractivity (Wildman–Crippen MR) is 131 cm³/mol. The molecule has 1 aliphatic rings. The van der Waals surface area contributed by atoms with E-state index in [0.717, 1.165) is 56.4 Å². The molecule has 0 aliphatic heterocycles. The van der Waals surface area contributed by atoms with Gasteiger partial charge in [-0.3, -0.25) is 4.79 Å². The molecule has 1 amide bonds. The molecule has 0 atom stereocenters. The van der Waals surface area contributed by atoms with Crippen molar-refractivity contribution < 1.29 is 9.53 Å². The summed E-state index contributed by atoms with van der Waals surface area (Å²) in [4.78, 5) is 19.2. The molecule has 1 aliphatic carbocycles. The first-order valence-electron chi connectivity index (χ1n) is 9.65. The van der Waals surface area contributed by atoms with Crippen LogP contribution < -0.4 is 10.1 Å². The highest BCUT2D eigenvalue weighted by Gasteiger charge is 2.25. The quantitative estimate of drug-likeness (QED) is 0.344. The van der Waals surface area contributed by atoms with E-state index in [-0.39, 0.29) is 5.91 Å². The first-order chi connectivity index (χ1) is 14.6. The van der Waals surface area contributed by atoms with E-state index >= 15 is 0 Å². The molecule has 1 aromatic heterocycles. The number of ether oxygens (including phenoxy) is 1. The van der Waals surface area contributed by atoms with Crippen molar-refractivity contribution in [2.24, 2.45) is 4.99 Å². The number of benzene rings is 2. The normalized spacial score (nSPS) is 13.3. The molecule has 0 saturated carbocycles. The number of nitrogens with one attached hydrogen (secondary N) is 1. The number of thiophene rings is 1. The van der Waals surface area contributed by atoms with Crippen LogP contribution in [-0.4, -0.2) is 19.2 Å². The Morgan fingerprint density at radius 3 is 2.70 bits per heavy atom. The van der Waals surface area contributed by atoms with Gasteiger partial charge in [0.25, 0.3) is 5.91 Å². The molecule has 0 fully saturated rings. The molecule has 0 radical (unpaired) electrons. The van der Waals surface area contributed by atoms with Crippen molar-refractivity contribution in [3.63, 3.8) is 0 Å². The van der Waals surface area contributed by atoms with Gasteiger partial charge < -0.3 is 10.1 Å². The van der Waals surface area contributed by atoms with Crippen molar-refractivity contribution in [3.8, 4) is 5.75 Å². The van der Waals surface area contributed by atoms with E-state index in [0.29, 0.717) is 11.3 Å². The number of rotatable bonds is 5. The van der Waals surface area contributed by atoms with Crippen molar-refractivity contribution in [3.05, 3.63) is 73.0 Å². The van der Waals surface area contributed by atoms with Crippen molar-refractivity contribution >= 4 is 66.0 Å². The topological polar surface area (TPSA) is 50.7 Å². The van der Waals surface area contributed by atoms with Crippen LogP contribution in [0.15, 0.2) is 56.4 Å². The maximum Gasteiger partial charge on any atom is 0.259 e. The van der Waals surface area contributed by atoms with Gasteiger partial charge in [0.05, 0.1) is 17.1 Å². The monoisotopic (exact) mass is 546 g/mol. The van der Waals surface area contributed by atoms with Crippen LogP contribution in [0.4, 0.5) is 10.7 Å². The lowest BCUT2D eigenvalue weighted by molar-refractivity contribution is 0.102. The van der Waals surface area contributed by atoms with Gasteiger partial charge >= 0.3 is 0 Å². The Labute approximate surface area is 196 Å². The van der Waals surface area contributed by atoms with E-state index in [2.05, 4.69) is 37.2 Å². The van der Waals surface area contributed by atoms with Gasteiger partial charge in [-0.05, 0) is 71.4 Å². The third kappa shape index (κ3) is 4.53.